The molecule has 1 aliphatic carbocycles. The standard InChI is InChI=1S/C20H30N2O3/c1-21(20(23)15-24-2)13-17-11-19(12-17)25-18-7-5-16(6-8-18)14-22-9-3-4-10-22/h5-8,17,19H,3-4,9-15H2,1-2H3. The summed E-state index contributed by atoms with van der Waals surface area (Å²) in [6, 6.07) is 8.54. The van der Waals surface area contributed by atoms with Gasteiger partial charge in [-0.05, 0) is 62.4 Å². The van der Waals surface area contributed by atoms with E-state index in [0.717, 1.165) is 31.7 Å². The number of likely N-dealkylation sites (N-methyl/N-ethyl adjacent to an activating group) is 1. The van der Waals surface area contributed by atoms with Gasteiger partial charge < -0.3 is 14.4 Å². The first-order valence-electron chi connectivity index (χ1n) is 9.35. The Morgan fingerprint density at radius 3 is 2.52 bits per heavy atom. The molecule has 0 atom stereocenters. The second-order valence-electron chi connectivity index (χ2n) is 7.41. The minimum absolute atomic E-state index is 0.0421. The molecule has 1 saturated carbocycles. The second-order valence-corrected chi connectivity index (χ2v) is 7.41. The highest BCUT2D eigenvalue weighted by Crippen LogP contribution is 2.32. The van der Waals surface area contributed by atoms with Crippen LogP contribution >= 0.6 is 0 Å². The van der Waals surface area contributed by atoms with Crippen molar-refractivity contribution in [2.24, 2.45) is 5.92 Å². The van der Waals surface area contributed by atoms with Crippen LogP contribution in [-0.4, -0.2) is 62.2 Å². The van der Waals surface area contributed by atoms with E-state index in [-0.39, 0.29) is 18.6 Å². The number of hydrogen-bond donors (Lipinski definition) is 0. The molecule has 0 radical (unpaired) electrons. The van der Waals surface area contributed by atoms with Crippen LogP contribution < -0.4 is 4.74 Å². The van der Waals surface area contributed by atoms with E-state index >= 15 is 0 Å². The van der Waals surface area contributed by atoms with Gasteiger partial charge in [-0.25, -0.2) is 0 Å². The van der Waals surface area contributed by atoms with Crippen LogP contribution in [0.2, 0.25) is 0 Å². The maximum absolute atomic E-state index is 11.7. The van der Waals surface area contributed by atoms with Crippen LogP contribution in [0.1, 0.15) is 31.2 Å². The fraction of sp³-hybridized carbons (Fsp3) is 0.650. The van der Waals surface area contributed by atoms with Crippen molar-refractivity contribution in [1.29, 1.82) is 0 Å². The van der Waals surface area contributed by atoms with Gasteiger partial charge >= 0.3 is 0 Å². The number of nitrogens with zero attached hydrogens (tertiary/aromatic N) is 2. The molecule has 0 bridgehead atoms. The fourth-order valence-electron chi connectivity index (χ4n) is 3.71. The monoisotopic (exact) mass is 346 g/mol. The molecule has 1 heterocycles. The molecule has 0 N–H and O–H groups in total. The van der Waals surface area contributed by atoms with E-state index in [1.807, 2.05) is 7.05 Å². The van der Waals surface area contributed by atoms with E-state index < -0.39 is 0 Å². The molecule has 1 saturated heterocycles. The van der Waals surface area contributed by atoms with Gasteiger partial charge in [0, 0.05) is 27.2 Å². The summed E-state index contributed by atoms with van der Waals surface area (Å²) in [4.78, 5) is 16.0. The van der Waals surface area contributed by atoms with Gasteiger partial charge in [0.2, 0.25) is 5.91 Å². The van der Waals surface area contributed by atoms with E-state index in [1.165, 1.54) is 31.5 Å². The summed E-state index contributed by atoms with van der Waals surface area (Å²) in [7, 11) is 3.39. The van der Waals surface area contributed by atoms with E-state index in [2.05, 4.69) is 29.2 Å². The number of methoxy groups -OCH3 is 1. The summed E-state index contributed by atoms with van der Waals surface area (Å²) < 4.78 is 10.9. The van der Waals surface area contributed by atoms with Crippen molar-refractivity contribution in [3.05, 3.63) is 29.8 Å². The van der Waals surface area contributed by atoms with E-state index in [9.17, 15) is 4.79 Å². The SMILES string of the molecule is COCC(=O)N(C)CC1CC(Oc2ccc(CN3CCCC3)cc2)C1. The number of carbonyl (C=O) groups excluding carboxylic acids is 1. The smallest absolute Gasteiger partial charge is 0.248 e. The van der Waals surface area contributed by atoms with Crippen molar-refractivity contribution < 1.29 is 14.3 Å². The van der Waals surface area contributed by atoms with Crippen LogP contribution in [0.5, 0.6) is 5.75 Å². The highest BCUT2D eigenvalue weighted by atomic mass is 16.5. The first-order chi connectivity index (χ1) is 12.1. The maximum Gasteiger partial charge on any atom is 0.248 e. The van der Waals surface area contributed by atoms with E-state index in [0.29, 0.717) is 5.92 Å². The second kappa shape index (κ2) is 8.68. The zero-order valence-corrected chi connectivity index (χ0v) is 15.4. The quantitative estimate of drug-likeness (QED) is 0.725. The molecule has 0 aromatic heterocycles. The molecule has 0 spiro atoms. The minimum Gasteiger partial charge on any atom is -0.490 e. The van der Waals surface area contributed by atoms with Gasteiger partial charge in [-0.2, -0.15) is 0 Å². The zero-order valence-electron chi connectivity index (χ0n) is 15.4. The molecule has 1 aliphatic heterocycles. The lowest BCUT2D eigenvalue weighted by Gasteiger charge is -2.37. The molecule has 5 heteroatoms. The van der Waals surface area contributed by atoms with Gasteiger partial charge in [-0.15, -0.1) is 0 Å². The van der Waals surface area contributed by atoms with Gasteiger partial charge in [0.25, 0.3) is 0 Å². The molecule has 0 unspecified atom stereocenters. The third-order valence-corrected chi connectivity index (χ3v) is 5.25. The van der Waals surface area contributed by atoms with Gasteiger partial charge in [0.05, 0.1) is 6.10 Å². The lowest BCUT2D eigenvalue weighted by atomic mass is 9.82. The molecule has 2 aliphatic rings. The molecule has 138 valence electrons. The van der Waals surface area contributed by atoms with Crippen LogP contribution in [0.15, 0.2) is 24.3 Å². The Bertz CT molecular complexity index is 549. The number of benzene rings is 1. The molecule has 1 aromatic carbocycles. The van der Waals surface area contributed by atoms with Crippen molar-refractivity contribution in [2.75, 3.05) is 40.4 Å². The summed E-state index contributed by atoms with van der Waals surface area (Å²) >= 11 is 0. The molecule has 3 rings (SSSR count). The number of rotatable bonds is 8. The summed E-state index contributed by atoms with van der Waals surface area (Å²) in [5.41, 5.74) is 1.36. The van der Waals surface area contributed by atoms with Crippen molar-refractivity contribution in [1.82, 2.24) is 9.80 Å². The number of amides is 1. The van der Waals surface area contributed by atoms with Gasteiger partial charge in [-0.1, -0.05) is 12.1 Å². The average Bonchev–Trinajstić information content (AvgIpc) is 3.07. The van der Waals surface area contributed by atoms with Crippen LogP contribution in [0.3, 0.4) is 0 Å². The summed E-state index contributed by atoms with van der Waals surface area (Å²) in [6.45, 7) is 4.45. The molecule has 5 nitrogen and oxygen atoms in total. The van der Waals surface area contributed by atoms with Crippen LogP contribution in [-0.2, 0) is 16.1 Å². The third kappa shape index (κ3) is 5.19. The Labute approximate surface area is 150 Å². The third-order valence-electron chi connectivity index (χ3n) is 5.25. The number of hydrogen-bond acceptors (Lipinski definition) is 4. The molecule has 1 amide bonds. The average molecular weight is 346 g/mol. The molecule has 25 heavy (non-hydrogen) atoms. The Kier molecular flexibility index (Phi) is 6.32. The molecule has 2 fully saturated rings. The fourth-order valence-corrected chi connectivity index (χ4v) is 3.71. The Morgan fingerprint density at radius 1 is 1.20 bits per heavy atom. The molecular formula is C20H30N2O3. The lowest BCUT2D eigenvalue weighted by molar-refractivity contribution is -0.135. The summed E-state index contributed by atoms with van der Waals surface area (Å²) in [5.74, 6) is 1.53. The summed E-state index contributed by atoms with van der Waals surface area (Å²) in [6.07, 6.45) is 4.97. The predicted octanol–water partition coefficient (Wildman–Crippen LogP) is 2.54. The zero-order chi connectivity index (χ0) is 17.6. The number of ether oxygens (including phenoxy) is 2. The van der Waals surface area contributed by atoms with Crippen LogP contribution in [0.25, 0.3) is 0 Å². The Hall–Kier alpha value is -1.59. The molecule has 1 aromatic rings. The van der Waals surface area contributed by atoms with Crippen molar-refractivity contribution >= 4 is 5.91 Å². The van der Waals surface area contributed by atoms with Gasteiger partial charge in [0.1, 0.15) is 12.4 Å². The Balaban J connectivity index is 1.37. The van der Waals surface area contributed by atoms with Gasteiger partial charge in [0.15, 0.2) is 0 Å². The number of carbonyl (C=O) groups is 1. The van der Waals surface area contributed by atoms with Crippen molar-refractivity contribution in [3.63, 3.8) is 0 Å². The van der Waals surface area contributed by atoms with E-state index in [1.54, 1.807) is 12.0 Å². The number of likely N-dealkylation sites (tertiary alicyclic amines) is 1. The maximum atomic E-state index is 11.7. The van der Waals surface area contributed by atoms with Crippen LogP contribution in [0, 0.1) is 5.92 Å². The minimum atomic E-state index is 0.0421. The normalized spacial score (nSPS) is 23.3. The predicted molar refractivity (Wildman–Crippen MR) is 97.6 cm³/mol. The van der Waals surface area contributed by atoms with Crippen molar-refractivity contribution in [2.45, 2.75) is 38.3 Å². The highest BCUT2D eigenvalue weighted by molar-refractivity contribution is 5.77. The summed E-state index contributed by atoms with van der Waals surface area (Å²) in [5, 5.41) is 0. The van der Waals surface area contributed by atoms with Crippen molar-refractivity contribution in [3.8, 4) is 5.75 Å². The lowest BCUT2D eigenvalue weighted by Crippen LogP contribution is -2.42. The van der Waals surface area contributed by atoms with Crippen LogP contribution in [0.4, 0.5) is 0 Å². The topological polar surface area (TPSA) is 42.0 Å². The Morgan fingerprint density at radius 2 is 1.88 bits per heavy atom. The van der Waals surface area contributed by atoms with E-state index in [4.69, 9.17) is 9.47 Å². The first kappa shape index (κ1) is 18.2. The highest BCUT2D eigenvalue weighted by Gasteiger charge is 2.32. The first-order valence-corrected chi connectivity index (χ1v) is 9.35. The largest absolute Gasteiger partial charge is 0.490 e. The molecular weight excluding hydrogens is 316 g/mol. The van der Waals surface area contributed by atoms with Gasteiger partial charge in [-0.3, -0.25) is 9.69 Å².